The van der Waals surface area contributed by atoms with E-state index < -0.39 is 0 Å². The fourth-order valence-corrected chi connectivity index (χ4v) is 1.56. The highest BCUT2D eigenvalue weighted by Gasteiger charge is 2.06. The van der Waals surface area contributed by atoms with Gasteiger partial charge >= 0.3 is 0 Å². The van der Waals surface area contributed by atoms with Gasteiger partial charge in [0.05, 0.1) is 19.4 Å². The number of ether oxygens (including phenoxy) is 1. The summed E-state index contributed by atoms with van der Waals surface area (Å²) in [5, 5.41) is 8.46. The van der Waals surface area contributed by atoms with Crippen LogP contribution < -0.4 is 4.74 Å². The maximum absolute atomic E-state index is 8.46. The second-order valence-electron chi connectivity index (χ2n) is 2.46. The van der Waals surface area contributed by atoms with Crippen molar-refractivity contribution in [3.63, 3.8) is 0 Å². The second kappa shape index (κ2) is 4.83. The number of halogens is 1. The summed E-state index contributed by atoms with van der Waals surface area (Å²) in [6.07, 6.45) is 4.52. The minimum absolute atomic E-state index is 0.485. The minimum atomic E-state index is 0.485. The van der Waals surface area contributed by atoms with Gasteiger partial charge in [-0.25, -0.2) is 0 Å². The molecule has 1 aromatic heterocycles. The van der Waals surface area contributed by atoms with Gasteiger partial charge in [0.25, 0.3) is 0 Å². The molecule has 0 N–H and O–H groups in total. The molecule has 1 heterocycles. The van der Waals surface area contributed by atoms with E-state index in [1.54, 1.807) is 19.5 Å². The van der Waals surface area contributed by atoms with Crippen LogP contribution in [0.4, 0.5) is 0 Å². The number of hydrogen-bond acceptors (Lipinski definition) is 3. The Bertz CT molecular complexity index is 333. The Labute approximate surface area is 85.5 Å². The summed E-state index contributed by atoms with van der Waals surface area (Å²) in [4.78, 5) is 3.97. The van der Waals surface area contributed by atoms with Crippen LogP contribution in [0.5, 0.6) is 5.75 Å². The number of aromatic nitrogens is 1. The molecule has 1 aromatic rings. The van der Waals surface area contributed by atoms with E-state index in [4.69, 9.17) is 10.00 Å². The average molecular weight is 241 g/mol. The molecule has 68 valence electrons. The van der Waals surface area contributed by atoms with Gasteiger partial charge in [0.2, 0.25) is 0 Å². The van der Waals surface area contributed by atoms with Gasteiger partial charge < -0.3 is 4.74 Å². The third kappa shape index (κ3) is 2.43. The van der Waals surface area contributed by atoms with Crippen molar-refractivity contribution in [2.75, 3.05) is 7.11 Å². The lowest BCUT2D eigenvalue weighted by Gasteiger charge is -2.07. The van der Waals surface area contributed by atoms with E-state index in [2.05, 4.69) is 27.0 Å². The molecular formula is C9H9BrN2O. The van der Waals surface area contributed by atoms with Crippen molar-refractivity contribution in [3.8, 4) is 11.8 Å². The van der Waals surface area contributed by atoms with Crippen molar-refractivity contribution in [2.24, 2.45) is 0 Å². The number of hydrogen-bond donors (Lipinski definition) is 0. The monoisotopic (exact) mass is 240 g/mol. The lowest BCUT2D eigenvalue weighted by atomic mass is 10.1. The molecule has 0 aromatic carbocycles. The van der Waals surface area contributed by atoms with Crippen molar-refractivity contribution in [1.82, 2.24) is 4.98 Å². The number of methoxy groups -OCH3 is 1. The molecule has 0 aliphatic rings. The minimum Gasteiger partial charge on any atom is -0.495 e. The number of pyridine rings is 1. The quantitative estimate of drug-likeness (QED) is 0.815. The van der Waals surface area contributed by atoms with E-state index in [9.17, 15) is 0 Å². The number of rotatable bonds is 3. The Balaban J connectivity index is 2.95. The van der Waals surface area contributed by atoms with E-state index in [0.717, 1.165) is 15.8 Å². The summed E-state index contributed by atoms with van der Waals surface area (Å²) in [5.74, 6) is 0.727. The molecule has 0 spiro atoms. The van der Waals surface area contributed by atoms with Crippen LogP contribution >= 0.6 is 15.9 Å². The van der Waals surface area contributed by atoms with E-state index in [1.165, 1.54) is 0 Å². The van der Waals surface area contributed by atoms with Crippen LogP contribution in [-0.4, -0.2) is 12.1 Å². The smallest absolute Gasteiger partial charge is 0.141 e. The zero-order chi connectivity index (χ0) is 9.68. The van der Waals surface area contributed by atoms with Crippen LogP contribution in [0.3, 0.4) is 0 Å². The average Bonchev–Trinajstić information content (AvgIpc) is 2.15. The van der Waals surface area contributed by atoms with Gasteiger partial charge in [0.1, 0.15) is 5.75 Å². The highest BCUT2D eigenvalue weighted by atomic mass is 79.9. The van der Waals surface area contributed by atoms with Gasteiger partial charge in [-0.1, -0.05) is 0 Å². The fraction of sp³-hybridized carbons (Fsp3) is 0.333. The summed E-state index contributed by atoms with van der Waals surface area (Å²) in [5.41, 5.74) is 0.999. The topological polar surface area (TPSA) is 45.9 Å². The Morgan fingerprint density at radius 1 is 1.62 bits per heavy atom. The van der Waals surface area contributed by atoms with Crippen molar-refractivity contribution in [2.45, 2.75) is 12.8 Å². The lowest BCUT2D eigenvalue weighted by molar-refractivity contribution is 0.407. The predicted molar refractivity (Wildman–Crippen MR) is 52.4 cm³/mol. The van der Waals surface area contributed by atoms with Gasteiger partial charge in [-0.05, 0) is 22.4 Å². The maximum Gasteiger partial charge on any atom is 0.141 e. The van der Waals surface area contributed by atoms with E-state index in [0.29, 0.717) is 12.8 Å². The van der Waals surface area contributed by atoms with Crippen molar-refractivity contribution in [3.05, 3.63) is 22.4 Å². The second-order valence-corrected chi connectivity index (χ2v) is 3.31. The van der Waals surface area contributed by atoms with Gasteiger partial charge in [0, 0.05) is 22.7 Å². The Morgan fingerprint density at radius 3 is 3.00 bits per heavy atom. The molecule has 13 heavy (non-hydrogen) atoms. The highest BCUT2D eigenvalue weighted by molar-refractivity contribution is 9.10. The molecule has 0 aliphatic heterocycles. The zero-order valence-electron chi connectivity index (χ0n) is 7.25. The summed E-state index contributed by atoms with van der Waals surface area (Å²) < 4.78 is 6.01. The molecule has 0 atom stereocenters. The summed E-state index contributed by atoms with van der Waals surface area (Å²) in [6, 6.07) is 2.10. The third-order valence-corrected chi connectivity index (χ3v) is 2.36. The molecule has 0 saturated carbocycles. The Hall–Kier alpha value is -1.08. The Morgan fingerprint density at radius 2 is 2.38 bits per heavy atom. The fourth-order valence-electron chi connectivity index (χ4n) is 1.04. The van der Waals surface area contributed by atoms with E-state index in [1.807, 2.05) is 0 Å². The third-order valence-electron chi connectivity index (χ3n) is 1.67. The molecule has 1 rings (SSSR count). The van der Waals surface area contributed by atoms with Gasteiger partial charge in [-0.3, -0.25) is 4.98 Å². The standard InChI is InChI=1S/C9H9BrN2O/c1-13-9-6-12-5-8(10)7(9)3-2-4-11/h5-6H,2-3H2,1H3. The molecule has 0 aliphatic carbocycles. The van der Waals surface area contributed by atoms with Crippen LogP contribution in [0.15, 0.2) is 16.9 Å². The van der Waals surface area contributed by atoms with Gasteiger partial charge in [-0.2, -0.15) is 5.26 Å². The largest absolute Gasteiger partial charge is 0.495 e. The van der Waals surface area contributed by atoms with E-state index in [-0.39, 0.29) is 0 Å². The molecule has 0 saturated heterocycles. The van der Waals surface area contributed by atoms with Crippen LogP contribution in [0.25, 0.3) is 0 Å². The first-order valence-corrected chi connectivity index (χ1v) is 4.62. The highest BCUT2D eigenvalue weighted by Crippen LogP contribution is 2.26. The normalized spacial score (nSPS) is 9.31. The number of nitrogens with zero attached hydrogens (tertiary/aromatic N) is 2. The van der Waals surface area contributed by atoms with Gasteiger partial charge in [-0.15, -0.1) is 0 Å². The molecule has 0 radical (unpaired) electrons. The van der Waals surface area contributed by atoms with Crippen LogP contribution in [-0.2, 0) is 6.42 Å². The van der Waals surface area contributed by atoms with Crippen LogP contribution in [0.2, 0.25) is 0 Å². The SMILES string of the molecule is COc1cncc(Br)c1CCC#N. The first-order chi connectivity index (χ1) is 6.29. The number of nitriles is 1. The molecule has 0 unspecified atom stereocenters. The maximum atomic E-state index is 8.46. The predicted octanol–water partition coefficient (Wildman–Crippen LogP) is 2.31. The lowest BCUT2D eigenvalue weighted by Crippen LogP contribution is -1.94. The Kier molecular flexibility index (Phi) is 3.71. The summed E-state index contributed by atoms with van der Waals surface area (Å²) in [7, 11) is 1.60. The van der Waals surface area contributed by atoms with Gasteiger partial charge in [0.15, 0.2) is 0 Å². The van der Waals surface area contributed by atoms with Crippen molar-refractivity contribution in [1.29, 1.82) is 5.26 Å². The van der Waals surface area contributed by atoms with E-state index >= 15 is 0 Å². The van der Waals surface area contributed by atoms with Crippen molar-refractivity contribution >= 4 is 15.9 Å². The summed E-state index contributed by atoms with van der Waals surface area (Å²) in [6.45, 7) is 0. The summed E-state index contributed by atoms with van der Waals surface area (Å²) >= 11 is 3.37. The molecule has 3 nitrogen and oxygen atoms in total. The molecule has 4 heteroatoms. The molecule has 0 fully saturated rings. The zero-order valence-corrected chi connectivity index (χ0v) is 8.84. The first kappa shape index (κ1) is 10.0. The molecule has 0 amide bonds. The molecular weight excluding hydrogens is 232 g/mol. The molecule has 0 bridgehead atoms. The van der Waals surface area contributed by atoms with Crippen molar-refractivity contribution < 1.29 is 4.74 Å². The van der Waals surface area contributed by atoms with Crippen LogP contribution in [0.1, 0.15) is 12.0 Å². The first-order valence-electron chi connectivity index (χ1n) is 3.83. The van der Waals surface area contributed by atoms with Crippen LogP contribution in [0, 0.1) is 11.3 Å².